The smallest absolute Gasteiger partial charge is 0.0591 e. The lowest BCUT2D eigenvalue weighted by molar-refractivity contribution is 0.106. The Bertz CT molecular complexity index is 237. The Morgan fingerprint density at radius 3 is 3.00 bits per heavy atom. The molecule has 0 aromatic heterocycles. The van der Waals surface area contributed by atoms with Crippen molar-refractivity contribution in [3.05, 3.63) is 12.2 Å². The molecule has 1 N–H and O–H groups in total. The van der Waals surface area contributed by atoms with Crippen molar-refractivity contribution >= 4 is 0 Å². The quantitative estimate of drug-likeness (QED) is 0.529. The van der Waals surface area contributed by atoms with Gasteiger partial charge in [-0.05, 0) is 37.0 Å². The highest BCUT2D eigenvalue weighted by Gasteiger charge is 2.40. The number of rotatable bonds is 7. The van der Waals surface area contributed by atoms with Gasteiger partial charge in [-0.3, -0.25) is 0 Å². The Labute approximate surface area is 99.4 Å². The van der Waals surface area contributed by atoms with Crippen molar-refractivity contribution in [1.82, 2.24) is 5.32 Å². The zero-order valence-corrected chi connectivity index (χ0v) is 10.6. The monoisotopic (exact) mass is 223 g/mol. The average Bonchev–Trinajstić information content (AvgIpc) is 2.58. The molecule has 0 amide bonds. The third-order valence-corrected chi connectivity index (χ3v) is 3.86. The minimum Gasteiger partial charge on any atom is -0.380 e. The van der Waals surface area contributed by atoms with E-state index in [2.05, 4.69) is 31.3 Å². The molecule has 0 saturated heterocycles. The number of allylic oxidation sites excluding steroid dienone is 1. The molecule has 0 radical (unpaired) electrons. The standard InChI is InChI=1S/C14H25NO/c1-11(2)6-8-16-9-7-15-14-10-12-4-3-5-13(12)14/h3,5,11-15H,4,6-10H2,1-2H3. The van der Waals surface area contributed by atoms with Crippen LogP contribution >= 0.6 is 0 Å². The van der Waals surface area contributed by atoms with Crippen molar-refractivity contribution in [2.24, 2.45) is 17.8 Å². The van der Waals surface area contributed by atoms with Crippen molar-refractivity contribution in [1.29, 1.82) is 0 Å². The first kappa shape index (κ1) is 12.1. The summed E-state index contributed by atoms with van der Waals surface area (Å²) in [5, 5.41) is 3.60. The van der Waals surface area contributed by atoms with Crippen LogP contribution in [0.5, 0.6) is 0 Å². The summed E-state index contributed by atoms with van der Waals surface area (Å²) >= 11 is 0. The molecule has 2 nitrogen and oxygen atoms in total. The van der Waals surface area contributed by atoms with E-state index < -0.39 is 0 Å². The van der Waals surface area contributed by atoms with Gasteiger partial charge in [0.05, 0.1) is 6.61 Å². The van der Waals surface area contributed by atoms with E-state index in [0.29, 0.717) is 0 Å². The average molecular weight is 223 g/mol. The molecule has 1 fully saturated rings. The fourth-order valence-electron chi connectivity index (χ4n) is 2.69. The van der Waals surface area contributed by atoms with E-state index in [-0.39, 0.29) is 0 Å². The van der Waals surface area contributed by atoms with Gasteiger partial charge < -0.3 is 10.1 Å². The molecule has 92 valence electrons. The second kappa shape index (κ2) is 5.83. The molecule has 3 atom stereocenters. The second-order valence-corrected chi connectivity index (χ2v) is 5.59. The molecule has 3 unspecified atom stereocenters. The number of hydrogen-bond acceptors (Lipinski definition) is 2. The van der Waals surface area contributed by atoms with Crippen LogP contribution < -0.4 is 5.32 Å². The lowest BCUT2D eigenvalue weighted by atomic mass is 9.71. The Kier molecular flexibility index (Phi) is 4.42. The van der Waals surface area contributed by atoms with Crippen molar-refractivity contribution in [2.45, 2.75) is 39.2 Å². The fraction of sp³-hybridized carbons (Fsp3) is 0.857. The van der Waals surface area contributed by atoms with Crippen LogP contribution in [0.2, 0.25) is 0 Å². The van der Waals surface area contributed by atoms with E-state index >= 15 is 0 Å². The summed E-state index contributed by atoms with van der Waals surface area (Å²) in [6.07, 6.45) is 8.59. The van der Waals surface area contributed by atoms with Crippen LogP contribution in [-0.2, 0) is 4.74 Å². The van der Waals surface area contributed by atoms with Gasteiger partial charge in [-0.2, -0.15) is 0 Å². The van der Waals surface area contributed by atoms with Crippen LogP contribution in [0.1, 0.15) is 33.1 Å². The van der Waals surface area contributed by atoms with E-state index in [9.17, 15) is 0 Å². The molecule has 0 aromatic rings. The van der Waals surface area contributed by atoms with Gasteiger partial charge in [0.15, 0.2) is 0 Å². The molecular formula is C14H25NO. The normalized spacial score (nSPS) is 31.8. The molecule has 0 heterocycles. The first-order valence-electron chi connectivity index (χ1n) is 6.75. The first-order valence-corrected chi connectivity index (χ1v) is 6.75. The molecule has 16 heavy (non-hydrogen) atoms. The van der Waals surface area contributed by atoms with E-state index in [1.165, 1.54) is 19.3 Å². The molecule has 0 aliphatic heterocycles. The van der Waals surface area contributed by atoms with E-state index in [1.807, 2.05) is 0 Å². The molecule has 2 heteroatoms. The van der Waals surface area contributed by atoms with Crippen molar-refractivity contribution < 1.29 is 4.74 Å². The van der Waals surface area contributed by atoms with Crippen molar-refractivity contribution in [2.75, 3.05) is 19.8 Å². The van der Waals surface area contributed by atoms with Gasteiger partial charge in [0.2, 0.25) is 0 Å². The predicted octanol–water partition coefficient (Wildman–Crippen LogP) is 2.60. The summed E-state index contributed by atoms with van der Waals surface area (Å²) in [7, 11) is 0. The van der Waals surface area contributed by atoms with Crippen molar-refractivity contribution in [3.63, 3.8) is 0 Å². The molecule has 2 aliphatic carbocycles. The van der Waals surface area contributed by atoms with Gasteiger partial charge in [0, 0.05) is 19.2 Å². The topological polar surface area (TPSA) is 21.3 Å². The maximum Gasteiger partial charge on any atom is 0.0591 e. The number of nitrogens with one attached hydrogen (secondary N) is 1. The minimum atomic E-state index is 0.734. The number of hydrogen-bond donors (Lipinski definition) is 1. The van der Waals surface area contributed by atoms with Crippen LogP contribution in [-0.4, -0.2) is 25.8 Å². The Balaban J connectivity index is 1.45. The van der Waals surface area contributed by atoms with Crippen LogP contribution in [0.15, 0.2) is 12.2 Å². The highest BCUT2D eigenvalue weighted by molar-refractivity contribution is 5.12. The van der Waals surface area contributed by atoms with Crippen molar-refractivity contribution in [3.8, 4) is 0 Å². The number of ether oxygens (including phenoxy) is 1. The fourth-order valence-corrected chi connectivity index (χ4v) is 2.69. The molecular weight excluding hydrogens is 198 g/mol. The largest absolute Gasteiger partial charge is 0.380 e. The summed E-state index contributed by atoms with van der Waals surface area (Å²) in [6, 6.07) is 0.734. The highest BCUT2D eigenvalue weighted by Crippen LogP contribution is 2.42. The summed E-state index contributed by atoms with van der Waals surface area (Å²) in [5.74, 6) is 2.54. The molecule has 0 aromatic carbocycles. The predicted molar refractivity (Wildman–Crippen MR) is 67.4 cm³/mol. The summed E-state index contributed by atoms with van der Waals surface area (Å²) in [5.41, 5.74) is 0. The van der Waals surface area contributed by atoms with Crippen LogP contribution in [0.25, 0.3) is 0 Å². The summed E-state index contributed by atoms with van der Waals surface area (Å²) in [4.78, 5) is 0. The molecule has 2 aliphatic rings. The first-order chi connectivity index (χ1) is 7.77. The van der Waals surface area contributed by atoms with Crippen LogP contribution in [0, 0.1) is 17.8 Å². The van der Waals surface area contributed by atoms with Gasteiger partial charge in [0.1, 0.15) is 0 Å². The highest BCUT2D eigenvalue weighted by atomic mass is 16.5. The molecule has 0 spiro atoms. The minimum absolute atomic E-state index is 0.734. The maximum absolute atomic E-state index is 5.59. The van der Waals surface area contributed by atoms with Gasteiger partial charge in [0.25, 0.3) is 0 Å². The SMILES string of the molecule is CC(C)CCOCCNC1CC2CC=CC21. The molecule has 1 saturated carbocycles. The van der Waals surface area contributed by atoms with Gasteiger partial charge in [-0.25, -0.2) is 0 Å². The van der Waals surface area contributed by atoms with Gasteiger partial charge in [-0.1, -0.05) is 26.0 Å². The van der Waals surface area contributed by atoms with E-state index in [4.69, 9.17) is 4.74 Å². The zero-order chi connectivity index (χ0) is 11.4. The van der Waals surface area contributed by atoms with E-state index in [1.54, 1.807) is 0 Å². The third-order valence-electron chi connectivity index (χ3n) is 3.86. The Morgan fingerprint density at radius 2 is 2.25 bits per heavy atom. The second-order valence-electron chi connectivity index (χ2n) is 5.59. The molecule has 2 rings (SSSR count). The Hall–Kier alpha value is -0.340. The van der Waals surface area contributed by atoms with Gasteiger partial charge in [-0.15, -0.1) is 0 Å². The third kappa shape index (κ3) is 3.08. The summed E-state index contributed by atoms with van der Waals surface area (Å²) < 4.78 is 5.59. The molecule has 0 bridgehead atoms. The van der Waals surface area contributed by atoms with Crippen LogP contribution in [0.3, 0.4) is 0 Å². The zero-order valence-electron chi connectivity index (χ0n) is 10.6. The Morgan fingerprint density at radius 1 is 1.38 bits per heavy atom. The lowest BCUT2D eigenvalue weighted by Gasteiger charge is -2.40. The maximum atomic E-state index is 5.59. The van der Waals surface area contributed by atoms with Gasteiger partial charge >= 0.3 is 0 Å². The number of fused-ring (bicyclic) bond motifs is 1. The van der Waals surface area contributed by atoms with Crippen LogP contribution in [0.4, 0.5) is 0 Å². The van der Waals surface area contributed by atoms with E-state index in [0.717, 1.165) is 43.6 Å². The lowest BCUT2D eigenvalue weighted by Crippen LogP contribution is -2.48. The summed E-state index contributed by atoms with van der Waals surface area (Å²) in [6.45, 7) is 7.27.